The second kappa shape index (κ2) is 6.15. The Morgan fingerprint density at radius 2 is 2.33 bits per heavy atom. The number of hydrogen-bond donors (Lipinski definition) is 2. The van der Waals surface area contributed by atoms with Gasteiger partial charge in [-0.3, -0.25) is 9.69 Å². The maximum Gasteiger partial charge on any atom is 0.234 e. The van der Waals surface area contributed by atoms with Crippen LogP contribution in [0, 0.1) is 5.41 Å². The monoisotopic (exact) mass is 292 g/mol. The largest absolute Gasteiger partial charge is 0.392 e. The van der Waals surface area contributed by atoms with Gasteiger partial charge in [0.05, 0.1) is 19.0 Å². The third kappa shape index (κ3) is 4.04. The van der Waals surface area contributed by atoms with E-state index in [4.69, 9.17) is 0 Å². The Morgan fingerprint density at radius 1 is 1.48 bits per heavy atom. The van der Waals surface area contributed by atoms with Crippen LogP contribution in [0.2, 0.25) is 0 Å². The van der Waals surface area contributed by atoms with Crippen LogP contribution in [0.5, 0.6) is 0 Å². The average molecular weight is 292 g/mol. The minimum Gasteiger partial charge on any atom is -0.392 e. The number of aliphatic hydroxyl groups is 1. The van der Waals surface area contributed by atoms with Crippen LogP contribution in [-0.4, -0.2) is 57.7 Å². The van der Waals surface area contributed by atoms with E-state index in [1.54, 1.807) is 6.20 Å². The lowest BCUT2D eigenvalue weighted by Gasteiger charge is -2.29. The third-order valence-corrected chi connectivity index (χ3v) is 4.54. The van der Waals surface area contributed by atoms with E-state index in [0.29, 0.717) is 13.1 Å². The molecule has 1 aromatic heterocycles. The SMILES string of the molecule is O=C(CN1CCCC(O)C1)NCC1(Cn2ccnc2)CC1. The number of hydrogen-bond acceptors (Lipinski definition) is 4. The van der Waals surface area contributed by atoms with Crippen molar-refractivity contribution in [3.63, 3.8) is 0 Å². The molecule has 0 radical (unpaired) electrons. The first-order valence-corrected chi connectivity index (χ1v) is 7.78. The Kier molecular flexibility index (Phi) is 4.26. The van der Waals surface area contributed by atoms with Gasteiger partial charge in [0, 0.05) is 37.4 Å². The molecule has 0 bridgehead atoms. The van der Waals surface area contributed by atoms with Crippen LogP contribution < -0.4 is 5.32 Å². The van der Waals surface area contributed by atoms with Crippen molar-refractivity contribution in [2.24, 2.45) is 5.41 Å². The van der Waals surface area contributed by atoms with Gasteiger partial charge in [0.2, 0.25) is 5.91 Å². The van der Waals surface area contributed by atoms with Crippen molar-refractivity contribution in [1.29, 1.82) is 0 Å². The topological polar surface area (TPSA) is 70.4 Å². The maximum atomic E-state index is 12.0. The van der Waals surface area contributed by atoms with E-state index in [1.807, 2.05) is 17.4 Å². The van der Waals surface area contributed by atoms with E-state index in [9.17, 15) is 9.90 Å². The van der Waals surface area contributed by atoms with Gasteiger partial charge >= 0.3 is 0 Å². The van der Waals surface area contributed by atoms with Gasteiger partial charge in [0.1, 0.15) is 0 Å². The summed E-state index contributed by atoms with van der Waals surface area (Å²) >= 11 is 0. The molecule has 116 valence electrons. The third-order valence-electron chi connectivity index (χ3n) is 4.54. The van der Waals surface area contributed by atoms with Gasteiger partial charge in [0.15, 0.2) is 0 Å². The zero-order valence-corrected chi connectivity index (χ0v) is 12.4. The van der Waals surface area contributed by atoms with Gasteiger partial charge in [-0.15, -0.1) is 0 Å². The number of imidazole rings is 1. The molecule has 1 aromatic rings. The molecule has 1 saturated carbocycles. The molecule has 0 spiro atoms. The predicted molar refractivity (Wildman–Crippen MR) is 78.6 cm³/mol. The second-order valence-electron chi connectivity index (χ2n) is 6.54. The highest BCUT2D eigenvalue weighted by Gasteiger charge is 2.43. The summed E-state index contributed by atoms with van der Waals surface area (Å²) < 4.78 is 2.08. The highest BCUT2D eigenvalue weighted by atomic mass is 16.3. The molecule has 1 amide bonds. The van der Waals surface area contributed by atoms with Crippen molar-refractivity contribution in [3.05, 3.63) is 18.7 Å². The molecule has 2 aliphatic rings. The Hall–Kier alpha value is -1.40. The molecule has 6 nitrogen and oxygen atoms in total. The first kappa shape index (κ1) is 14.5. The number of rotatable bonds is 6. The van der Waals surface area contributed by atoms with Crippen molar-refractivity contribution < 1.29 is 9.90 Å². The Balaban J connectivity index is 1.41. The summed E-state index contributed by atoms with van der Waals surface area (Å²) in [6.45, 7) is 3.59. The summed E-state index contributed by atoms with van der Waals surface area (Å²) in [5, 5.41) is 12.7. The van der Waals surface area contributed by atoms with Crippen molar-refractivity contribution in [2.45, 2.75) is 38.3 Å². The zero-order chi connectivity index (χ0) is 14.7. The number of β-amino-alcohol motifs (C(OH)–C–C–N with tert-alkyl or cyclic N) is 1. The molecule has 1 atom stereocenters. The summed E-state index contributed by atoms with van der Waals surface area (Å²) in [6.07, 6.45) is 9.46. The molecule has 1 aliphatic heterocycles. The lowest BCUT2D eigenvalue weighted by Crippen LogP contribution is -2.45. The lowest BCUT2D eigenvalue weighted by molar-refractivity contribution is -0.123. The summed E-state index contributed by atoms with van der Waals surface area (Å²) in [5.74, 6) is 0.0704. The fourth-order valence-electron chi connectivity index (χ4n) is 3.05. The number of carbonyl (C=O) groups excluding carboxylic acids is 1. The van der Waals surface area contributed by atoms with Crippen molar-refractivity contribution in [2.75, 3.05) is 26.2 Å². The number of likely N-dealkylation sites (tertiary alicyclic amines) is 1. The van der Waals surface area contributed by atoms with E-state index in [-0.39, 0.29) is 17.4 Å². The number of nitrogens with one attached hydrogen (secondary N) is 1. The minimum atomic E-state index is -0.275. The molecule has 1 unspecified atom stereocenters. The number of piperidine rings is 1. The van der Waals surface area contributed by atoms with E-state index in [1.165, 1.54) is 0 Å². The highest BCUT2D eigenvalue weighted by Crippen LogP contribution is 2.46. The van der Waals surface area contributed by atoms with Gasteiger partial charge in [-0.05, 0) is 32.2 Å². The van der Waals surface area contributed by atoms with Crippen LogP contribution in [0.25, 0.3) is 0 Å². The second-order valence-corrected chi connectivity index (χ2v) is 6.54. The molecule has 3 rings (SSSR count). The summed E-state index contributed by atoms with van der Waals surface area (Å²) in [6, 6.07) is 0. The smallest absolute Gasteiger partial charge is 0.234 e. The van der Waals surface area contributed by atoms with E-state index in [2.05, 4.69) is 14.9 Å². The first-order chi connectivity index (χ1) is 10.2. The molecule has 21 heavy (non-hydrogen) atoms. The van der Waals surface area contributed by atoms with E-state index >= 15 is 0 Å². The number of carbonyl (C=O) groups is 1. The first-order valence-electron chi connectivity index (χ1n) is 7.78. The van der Waals surface area contributed by atoms with Gasteiger partial charge in [-0.2, -0.15) is 0 Å². The van der Waals surface area contributed by atoms with Crippen LogP contribution in [-0.2, 0) is 11.3 Å². The fourth-order valence-corrected chi connectivity index (χ4v) is 3.05. The van der Waals surface area contributed by atoms with Crippen molar-refractivity contribution in [1.82, 2.24) is 19.8 Å². The Morgan fingerprint density at radius 3 is 3.00 bits per heavy atom. The van der Waals surface area contributed by atoms with Gasteiger partial charge in [-0.25, -0.2) is 4.98 Å². The normalized spacial score (nSPS) is 24.7. The number of aliphatic hydroxyl groups excluding tert-OH is 1. The molecular formula is C15H24N4O2. The van der Waals surface area contributed by atoms with E-state index < -0.39 is 0 Å². The van der Waals surface area contributed by atoms with Crippen LogP contribution >= 0.6 is 0 Å². The van der Waals surface area contributed by atoms with Gasteiger partial charge in [-0.1, -0.05) is 0 Å². The molecule has 1 aliphatic carbocycles. The molecule has 2 heterocycles. The van der Waals surface area contributed by atoms with Crippen molar-refractivity contribution >= 4 is 5.91 Å². The quantitative estimate of drug-likeness (QED) is 0.788. The standard InChI is InChI=1S/C15H24N4O2/c20-13-2-1-6-18(8-13)9-14(21)17-10-15(3-4-15)11-19-7-5-16-12-19/h5,7,12-13,20H,1-4,6,8-11H2,(H,17,21). The molecule has 6 heteroatoms. The zero-order valence-electron chi connectivity index (χ0n) is 12.4. The number of amides is 1. The lowest BCUT2D eigenvalue weighted by atomic mass is 10.1. The minimum absolute atomic E-state index is 0.0704. The summed E-state index contributed by atoms with van der Waals surface area (Å²) in [7, 11) is 0. The molecular weight excluding hydrogens is 268 g/mol. The fraction of sp³-hybridized carbons (Fsp3) is 0.733. The van der Waals surface area contributed by atoms with Crippen LogP contribution in [0.3, 0.4) is 0 Å². The molecule has 1 saturated heterocycles. The highest BCUT2D eigenvalue weighted by molar-refractivity contribution is 5.78. The molecule has 2 fully saturated rings. The molecule has 2 N–H and O–H groups in total. The van der Waals surface area contributed by atoms with Crippen molar-refractivity contribution in [3.8, 4) is 0 Å². The maximum absolute atomic E-state index is 12.0. The van der Waals surface area contributed by atoms with E-state index in [0.717, 1.165) is 45.3 Å². The predicted octanol–water partition coefficient (Wildman–Crippen LogP) is 0.236. The van der Waals surface area contributed by atoms with Crippen LogP contribution in [0.1, 0.15) is 25.7 Å². The van der Waals surface area contributed by atoms with Gasteiger partial charge < -0.3 is 15.0 Å². The number of nitrogens with zero attached hydrogens (tertiary/aromatic N) is 3. The molecule has 0 aromatic carbocycles. The average Bonchev–Trinajstić information content (AvgIpc) is 3.01. The Bertz CT molecular complexity index is 470. The Labute approximate surface area is 125 Å². The van der Waals surface area contributed by atoms with Gasteiger partial charge in [0.25, 0.3) is 0 Å². The summed E-state index contributed by atoms with van der Waals surface area (Å²) in [5.41, 5.74) is 0.220. The summed E-state index contributed by atoms with van der Waals surface area (Å²) in [4.78, 5) is 18.1. The van der Waals surface area contributed by atoms with Crippen LogP contribution in [0.4, 0.5) is 0 Å². The number of aromatic nitrogens is 2. The van der Waals surface area contributed by atoms with Crippen LogP contribution in [0.15, 0.2) is 18.7 Å².